The van der Waals surface area contributed by atoms with Crippen LogP contribution in [-0.2, 0) is 4.79 Å². The number of Topliss-reactive ketones (excluding diaryl/α,β-unsaturated/α-hetero) is 1. The fraction of sp³-hybridized carbons (Fsp3) is 0.500. The number of carbonyl (C=O) groups excluding carboxylic acids is 1. The first-order valence-corrected chi connectivity index (χ1v) is 9.30. The lowest BCUT2D eigenvalue weighted by molar-refractivity contribution is -0.130. The Bertz CT molecular complexity index is 765. The van der Waals surface area contributed by atoms with E-state index >= 15 is 0 Å². The largest absolute Gasteiger partial charge is 0.300 e. The standard InChI is InChI=1S/C22H27NO/c1-14(2)22(24)21-19(13-18-10-11-20(21)23(18)3)17-9-8-15-6-4-5-7-16(15)12-17/h4-9,12,14,18-21H,10-11,13H2,1-3H3/t18-,19+,20+,21-/m0/s1. The molecule has 4 rings (SSSR count). The van der Waals surface area contributed by atoms with Crippen molar-refractivity contribution in [3.8, 4) is 0 Å². The first-order chi connectivity index (χ1) is 11.6. The normalized spacial score (nSPS) is 30.2. The second kappa shape index (κ2) is 6.00. The summed E-state index contributed by atoms with van der Waals surface area (Å²) in [6.45, 7) is 4.11. The fourth-order valence-electron chi connectivity index (χ4n) is 5.02. The van der Waals surface area contributed by atoms with Gasteiger partial charge in [-0.25, -0.2) is 0 Å². The third-order valence-corrected chi connectivity index (χ3v) is 6.37. The molecule has 0 radical (unpaired) electrons. The van der Waals surface area contributed by atoms with Crippen LogP contribution in [0.2, 0.25) is 0 Å². The smallest absolute Gasteiger partial charge is 0.140 e. The van der Waals surface area contributed by atoms with Crippen molar-refractivity contribution in [2.24, 2.45) is 11.8 Å². The molecule has 0 aromatic heterocycles. The molecule has 2 aromatic carbocycles. The summed E-state index contributed by atoms with van der Waals surface area (Å²) in [5.41, 5.74) is 1.36. The van der Waals surface area contributed by atoms with Gasteiger partial charge in [0.25, 0.3) is 0 Å². The molecule has 2 saturated heterocycles. The third-order valence-electron chi connectivity index (χ3n) is 6.37. The van der Waals surface area contributed by atoms with Crippen molar-refractivity contribution in [2.45, 2.75) is 51.1 Å². The molecule has 2 aliphatic heterocycles. The van der Waals surface area contributed by atoms with Crippen LogP contribution in [0.25, 0.3) is 10.8 Å². The van der Waals surface area contributed by atoms with Crippen molar-refractivity contribution in [3.05, 3.63) is 48.0 Å². The van der Waals surface area contributed by atoms with Gasteiger partial charge in [0.2, 0.25) is 0 Å². The van der Waals surface area contributed by atoms with Gasteiger partial charge in [0.05, 0.1) is 0 Å². The number of fused-ring (bicyclic) bond motifs is 3. The number of benzene rings is 2. The fourth-order valence-corrected chi connectivity index (χ4v) is 5.02. The summed E-state index contributed by atoms with van der Waals surface area (Å²) in [6, 6.07) is 16.4. The number of ketones is 1. The zero-order valence-corrected chi connectivity index (χ0v) is 14.9. The number of nitrogens with zero attached hydrogens (tertiary/aromatic N) is 1. The van der Waals surface area contributed by atoms with E-state index in [2.05, 4.69) is 68.3 Å². The van der Waals surface area contributed by atoms with E-state index in [0.717, 1.165) is 6.42 Å². The molecule has 2 aromatic rings. The molecule has 0 amide bonds. The summed E-state index contributed by atoms with van der Waals surface area (Å²) >= 11 is 0. The van der Waals surface area contributed by atoms with Gasteiger partial charge in [-0.15, -0.1) is 0 Å². The molecule has 2 fully saturated rings. The van der Waals surface area contributed by atoms with Crippen molar-refractivity contribution in [3.63, 3.8) is 0 Å². The van der Waals surface area contributed by atoms with Crippen molar-refractivity contribution in [1.82, 2.24) is 4.90 Å². The molecule has 2 heterocycles. The van der Waals surface area contributed by atoms with E-state index < -0.39 is 0 Å². The van der Waals surface area contributed by atoms with Crippen molar-refractivity contribution < 1.29 is 4.79 Å². The van der Waals surface area contributed by atoms with Gasteiger partial charge in [-0.1, -0.05) is 56.3 Å². The van der Waals surface area contributed by atoms with Gasteiger partial charge >= 0.3 is 0 Å². The summed E-state index contributed by atoms with van der Waals surface area (Å²) in [5.74, 6) is 1.09. The Labute approximate surface area is 144 Å². The van der Waals surface area contributed by atoms with Gasteiger partial charge in [-0.2, -0.15) is 0 Å². The Hall–Kier alpha value is -1.67. The van der Waals surface area contributed by atoms with Crippen LogP contribution in [-0.4, -0.2) is 29.8 Å². The number of rotatable bonds is 3. The molecule has 126 valence electrons. The predicted molar refractivity (Wildman–Crippen MR) is 99.2 cm³/mol. The summed E-state index contributed by atoms with van der Waals surface area (Å²) < 4.78 is 0. The van der Waals surface area contributed by atoms with Crippen LogP contribution in [0, 0.1) is 11.8 Å². The van der Waals surface area contributed by atoms with Gasteiger partial charge in [0.15, 0.2) is 0 Å². The Kier molecular flexibility index (Phi) is 3.96. The number of carbonyl (C=O) groups is 1. The maximum absolute atomic E-state index is 13.1. The molecular weight excluding hydrogens is 294 g/mol. The molecule has 4 atom stereocenters. The molecular formula is C22H27NO. The van der Waals surface area contributed by atoms with E-state index in [-0.39, 0.29) is 11.8 Å². The molecule has 2 nitrogen and oxygen atoms in total. The second-order valence-corrected chi connectivity index (χ2v) is 8.00. The average Bonchev–Trinajstić information content (AvgIpc) is 2.83. The average molecular weight is 321 g/mol. The topological polar surface area (TPSA) is 20.3 Å². The molecule has 0 saturated carbocycles. The van der Waals surface area contributed by atoms with Crippen LogP contribution in [0.1, 0.15) is 44.6 Å². The van der Waals surface area contributed by atoms with E-state index in [1.807, 2.05) is 0 Å². The van der Waals surface area contributed by atoms with Gasteiger partial charge in [-0.3, -0.25) is 9.69 Å². The molecule has 24 heavy (non-hydrogen) atoms. The molecule has 2 bridgehead atoms. The Morgan fingerprint density at radius 2 is 1.83 bits per heavy atom. The summed E-state index contributed by atoms with van der Waals surface area (Å²) in [5, 5.41) is 2.57. The van der Waals surface area contributed by atoms with Crippen LogP contribution >= 0.6 is 0 Å². The van der Waals surface area contributed by atoms with E-state index in [1.165, 1.54) is 29.2 Å². The zero-order valence-electron chi connectivity index (χ0n) is 14.9. The van der Waals surface area contributed by atoms with Crippen molar-refractivity contribution in [1.29, 1.82) is 0 Å². The lowest BCUT2D eigenvalue weighted by Crippen LogP contribution is -2.49. The number of hydrogen-bond donors (Lipinski definition) is 0. The van der Waals surface area contributed by atoms with E-state index in [4.69, 9.17) is 0 Å². The molecule has 0 unspecified atom stereocenters. The molecule has 2 heteroatoms. The van der Waals surface area contributed by atoms with E-state index in [0.29, 0.717) is 23.8 Å². The molecule has 0 aliphatic carbocycles. The van der Waals surface area contributed by atoms with Crippen LogP contribution in [0.5, 0.6) is 0 Å². The van der Waals surface area contributed by atoms with Crippen LogP contribution in [0.4, 0.5) is 0 Å². The van der Waals surface area contributed by atoms with Crippen LogP contribution in [0.15, 0.2) is 42.5 Å². The van der Waals surface area contributed by atoms with Gasteiger partial charge < -0.3 is 0 Å². The third kappa shape index (κ3) is 2.48. The minimum Gasteiger partial charge on any atom is -0.300 e. The van der Waals surface area contributed by atoms with Gasteiger partial charge in [0, 0.05) is 23.9 Å². The van der Waals surface area contributed by atoms with Crippen LogP contribution < -0.4 is 0 Å². The monoisotopic (exact) mass is 321 g/mol. The highest BCUT2D eigenvalue weighted by molar-refractivity contribution is 5.86. The maximum Gasteiger partial charge on any atom is 0.140 e. The van der Waals surface area contributed by atoms with Gasteiger partial charge in [0.1, 0.15) is 5.78 Å². The molecule has 0 N–H and O–H groups in total. The summed E-state index contributed by atoms with van der Waals surface area (Å²) in [6.07, 6.45) is 3.54. The summed E-state index contributed by atoms with van der Waals surface area (Å²) in [7, 11) is 2.22. The van der Waals surface area contributed by atoms with Gasteiger partial charge in [-0.05, 0) is 48.6 Å². The quantitative estimate of drug-likeness (QED) is 0.821. The highest BCUT2D eigenvalue weighted by atomic mass is 16.1. The highest BCUT2D eigenvalue weighted by Crippen LogP contribution is 2.47. The maximum atomic E-state index is 13.1. The second-order valence-electron chi connectivity index (χ2n) is 8.00. The first-order valence-electron chi connectivity index (χ1n) is 9.30. The Morgan fingerprint density at radius 3 is 2.58 bits per heavy atom. The molecule has 2 aliphatic rings. The van der Waals surface area contributed by atoms with Crippen molar-refractivity contribution >= 4 is 16.6 Å². The lowest BCUT2D eigenvalue weighted by Gasteiger charge is -2.43. The zero-order chi connectivity index (χ0) is 16.8. The first kappa shape index (κ1) is 15.8. The van der Waals surface area contributed by atoms with Crippen LogP contribution in [0.3, 0.4) is 0 Å². The van der Waals surface area contributed by atoms with Crippen molar-refractivity contribution in [2.75, 3.05) is 7.05 Å². The Morgan fingerprint density at radius 1 is 1.08 bits per heavy atom. The highest BCUT2D eigenvalue weighted by Gasteiger charge is 2.49. The minimum absolute atomic E-state index is 0.114. The Balaban J connectivity index is 1.76. The molecule has 0 spiro atoms. The van der Waals surface area contributed by atoms with E-state index in [1.54, 1.807) is 0 Å². The predicted octanol–water partition coefficient (Wildman–Crippen LogP) is 4.63. The minimum atomic E-state index is 0.114. The summed E-state index contributed by atoms with van der Waals surface area (Å²) in [4.78, 5) is 15.5. The number of hydrogen-bond acceptors (Lipinski definition) is 2. The lowest BCUT2D eigenvalue weighted by atomic mass is 9.72. The number of piperidine rings is 1. The van der Waals surface area contributed by atoms with E-state index in [9.17, 15) is 4.79 Å². The SMILES string of the molecule is CC(C)C(=O)[C@H]1[C@@H](c2ccc3ccccc3c2)C[C@@H]2CC[C@H]1N2C.